The number of nitrogens with zero attached hydrogens (tertiary/aromatic N) is 1. The number of pyridine rings is 1. The molecule has 0 spiro atoms. The third-order valence-corrected chi connectivity index (χ3v) is 2.89. The molecule has 0 aliphatic heterocycles. The average Bonchev–Trinajstić information content (AvgIpc) is 2.40. The molecule has 0 atom stereocenters. The molecule has 0 amide bonds. The average molecular weight is 282 g/mol. The summed E-state index contributed by atoms with van der Waals surface area (Å²) in [6.07, 6.45) is -3.63. The lowest BCUT2D eigenvalue weighted by molar-refractivity contribution is -0.138. The van der Waals surface area contributed by atoms with Crippen molar-refractivity contribution >= 4 is 0 Å². The van der Waals surface area contributed by atoms with Gasteiger partial charge in [-0.05, 0) is 17.2 Å². The van der Waals surface area contributed by atoms with E-state index < -0.39 is 17.3 Å². The van der Waals surface area contributed by atoms with Gasteiger partial charge >= 0.3 is 6.18 Å². The van der Waals surface area contributed by atoms with Gasteiger partial charge in [0.25, 0.3) is 5.56 Å². The molecule has 0 aliphatic carbocycles. The van der Waals surface area contributed by atoms with Crippen LogP contribution in [0.15, 0.2) is 47.4 Å². The van der Waals surface area contributed by atoms with E-state index in [-0.39, 0.29) is 6.54 Å². The number of aromatic nitrogens is 1. The van der Waals surface area contributed by atoms with Crippen LogP contribution in [0.5, 0.6) is 0 Å². The molecule has 0 fully saturated rings. The number of rotatable bonds is 3. The van der Waals surface area contributed by atoms with Crippen LogP contribution in [0.25, 0.3) is 0 Å². The highest BCUT2D eigenvalue weighted by Crippen LogP contribution is 2.28. The summed E-state index contributed by atoms with van der Waals surface area (Å²) in [4.78, 5) is 11.6. The van der Waals surface area contributed by atoms with Gasteiger partial charge in [0.05, 0.1) is 12.1 Å². The third-order valence-electron chi connectivity index (χ3n) is 2.89. The van der Waals surface area contributed by atoms with Gasteiger partial charge in [-0.15, -0.1) is 0 Å². The Labute approximate surface area is 113 Å². The Balaban J connectivity index is 2.35. The van der Waals surface area contributed by atoms with Gasteiger partial charge in [-0.1, -0.05) is 24.3 Å². The second kappa shape index (κ2) is 5.50. The van der Waals surface area contributed by atoms with E-state index in [1.54, 1.807) is 18.2 Å². The quantitative estimate of drug-likeness (QED) is 0.939. The van der Waals surface area contributed by atoms with Crippen LogP contribution in [-0.2, 0) is 19.3 Å². The van der Waals surface area contributed by atoms with Gasteiger partial charge in [-0.2, -0.15) is 13.2 Å². The number of benzene rings is 1. The zero-order valence-electron chi connectivity index (χ0n) is 10.5. The zero-order valence-corrected chi connectivity index (χ0v) is 10.5. The van der Waals surface area contributed by atoms with Crippen molar-refractivity contribution in [3.05, 3.63) is 69.6 Å². The van der Waals surface area contributed by atoms with Gasteiger partial charge < -0.3 is 10.3 Å². The van der Waals surface area contributed by atoms with Crippen molar-refractivity contribution in [3.63, 3.8) is 0 Å². The van der Waals surface area contributed by atoms with Crippen molar-refractivity contribution in [2.24, 2.45) is 5.73 Å². The molecule has 3 nitrogen and oxygen atoms in total. The summed E-state index contributed by atoms with van der Waals surface area (Å²) in [5, 5.41) is 0. The van der Waals surface area contributed by atoms with Crippen LogP contribution in [0.4, 0.5) is 13.2 Å². The lowest BCUT2D eigenvalue weighted by Gasteiger charge is -2.11. The van der Waals surface area contributed by atoms with Gasteiger partial charge in [0, 0.05) is 18.8 Å². The molecule has 0 saturated carbocycles. The predicted molar refractivity (Wildman–Crippen MR) is 69.1 cm³/mol. The van der Waals surface area contributed by atoms with Crippen molar-refractivity contribution in [1.29, 1.82) is 0 Å². The Morgan fingerprint density at radius 2 is 1.80 bits per heavy atom. The van der Waals surface area contributed by atoms with Crippen LogP contribution in [0.2, 0.25) is 0 Å². The fraction of sp³-hybridized carbons (Fsp3) is 0.214. The summed E-state index contributed by atoms with van der Waals surface area (Å²) in [5.41, 5.74) is 5.78. The number of nitrogens with two attached hydrogens (primary N) is 1. The lowest BCUT2D eigenvalue weighted by Crippen LogP contribution is -2.22. The van der Waals surface area contributed by atoms with Crippen LogP contribution >= 0.6 is 0 Å². The third kappa shape index (κ3) is 3.27. The van der Waals surface area contributed by atoms with Gasteiger partial charge in [0.1, 0.15) is 0 Å². The van der Waals surface area contributed by atoms with Crippen LogP contribution in [0.3, 0.4) is 0 Å². The first kappa shape index (κ1) is 14.3. The summed E-state index contributed by atoms with van der Waals surface area (Å²) < 4.78 is 38.9. The number of alkyl halides is 3. The van der Waals surface area contributed by atoms with Gasteiger partial charge in [-0.25, -0.2) is 0 Å². The van der Waals surface area contributed by atoms with E-state index in [0.29, 0.717) is 6.54 Å². The summed E-state index contributed by atoms with van der Waals surface area (Å²) >= 11 is 0. The summed E-state index contributed by atoms with van der Waals surface area (Å²) in [5.74, 6) is 0. The normalized spacial score (nSPS) is 11.6. The van der Waals surface area contributed by atoms with E-state index in [4.69, 9.17) is 5.73 Å². The molecule has 0 radical (unpaired) electrons. The molecule has 0 bridgehead atoms. The summed E-state index contributed by atoms with van der Waals surface area (Å²) in [6.45, 7) is 0.419. The first-order valence-corrected chi connectivity index (χ1v) is 5.96. The topological polar surface area (TPSA) is 48.0 Å². The van der Waals surface area contributed by atoms with Crippen LogP contribution in [0.1, 0.15) is 16.7 Å². The molecule has 2 rings (SSSR count). The minimum atomic E-state index is -4.46. The van der Waals surface area contributed by atoms with Crippen LogP contribution in [0, 0.1) is 0 Å². The molecule has 0 aliphatic rings. The standard InChI is InChI=1S/C14H13F3N2O/c15-14(16,17)12-4-5-13(20)19(9-12)8-11-3-1-2-10(6-11)7-18/h1-6,9H,7-8,18H2. The molecular formula is C14H13F3N2O. The van der Waals surface area contributed by atoms with E-state index in [9.17, 15) is 18.0 Å². The fourth-order valence-electron chi connectivity index (χ4n) is 1.87. The molecule has 1 heterocycles. The minimum absolute atomic E-state index is 0.0800. The van der Waals surface area contributed by atoms with E-state index in [0.717, 1.165) is 34.0 Å². The highest BCUT2D eigenvalue weighted by atomic mass is 19.4. The lowest BCUT2D eigenvalue weighted by atomic mass is 10.1. The van der Waals surface area contributed by atoms with E-state index in [2.05, 4.69) is 0 Å². The maximum absolute atomic E-state index is 12.6. The van der Waals surface area contributed by atoms with Crippen molar-refractivity contribution in [3.8, 4) is 0 Å². The Morgan fingerprint density at radius 3 is 2.45 bits per heavy atom. The molecule has 0 unspecified atom stereocenters. The highest BCUT2D eigenvalue weighted by Gasteiger charge is 2.30. The van der Waals surface area contributed by atoms with Crippen molar-refractivity contribution in [2.45, 2.75) is 19.3 Å². The first-order valence-electron chi connectivity index (χ1n) is 5.96. The Kier molecular flexibility index (Phi) is 3.94. The van der Waals surface area contributed by atoms with E-state index >= 15 is 0 Å². The summed E-state index contributed by atoms with van der Waals surface area (Å²) in [7, 11) is 0. The Hall–Kier alpha value is -2.08. The maximum atomic E-state index is 12.6. The molecule has 6 heteroatoms. The molecule has 2 aromatic rings. The molecule has 1 aromatic carbocycles. The highest BCUT2D eigenvalue weighted by molar-refractivity contribution is 5.24. The van der Waals surface area contributed by atoms with E-state index in [1.807, 2.05) is 6.07 Å². The monoisotopic (exact) mass is 282 g/mol. The van der Waals surface area contributed by atoms with Gasteiger partial charge in [-0.3, -0.25) is 4.79 Å². The van der Waals surface area contributed by atoms with Gasteiger partial charge in [0.15, 0.2) is 0 Å². The molecule has 2 N–H and O–H groups in total. The molecule has 1 aromatic heterocycles. The fourth-order valence-corrected chi connectivity index (χ4v) is 1.87. The largest absolute Gasteiger partial charge is 0.417 e. The summed E-state index contributed by atoms with van der Waals surface area (Å²) in [6, 6.07) is 8.80. The van der Waals surface area contributed by atoms with Gasteiger partial charge in [0.2, 0.25) is 0 Å². The Bertz CT molecular complexity index is 662. The maximum Gasteiger partial charge on any atom is 0.417 e. The van der Waals surface area contributed by atoms with Crippen LogP contribution in [-0.4, -0.2) is 4.57 Å². The molecule has 0 saturated heterocycles. The molecular weight excluding hydrogens is 269 g/mol. The Morgan fingerprint density at radius 1 is 1.10 bits per heavy atom. The molecule has 106 valence electrons. The predicted octanol–water partition coefficient (Wildman–Crippen LogP) is 2.37. The SMILES string of the molecule is NCc1cccc(Cn2cc(C(F)(F)F)ccc2=O)c1. The number of halogens is 3. The van der Waals surface area contributed by atoms with Crippen LogP contribution < -0.4 is 11.3 Å². The van der Waals surface area contributed by atoms with Crippen molar-refractivity contribution in [1.82, 2.24) is 4.57 Å². The zero-order chi connectivity index (χ0) is 14.8. The second-order valence-electron chi connectivity index (χ2n) is 4.41. The molecule has 20 heavy (non-hydrogen) atoms. The minimum Gasteiger partial charge on any atom is -0.326 e. The number of hydrogen-bond donors (Lipinski definition) is 1. The smallest absolute Gasteiger partial charge is 0.326 e. The van der Waals surface area contributed by atoms with Crippen molar-refractivity contribution in [2.75, 3.05) is 0 Å². The second-order valence-corrected chi connectivity index (χ2v) is 4.41. The number of hydrogen-bond acceptors (Lipinski definition) is 2. The van der Waals surface area contributed by atoms with E-state index in [1.165, 1.54) is 0 Å². The van der Waals surface area contributed by atoms with Crippen molar-refractivity contribution < 1.29 is 13.2 Å². The first-order chi connectivity index (χ1) is 9.40.